The van der Waals surface area contributed by atoms with Crippen molar-refractivity contribution in [2.24, 2.45) is 11.3 Å². The number of hydrogen-bond acceptors (Lipinski definition) is 5. The standard InChI is InChI=1S/C18H26N6O/c1-18(2,3)16(25)23-9-5-6-14(11-23)12-24-13-20-22-17(24)21-15-7-4-8-19-10-15/h4,7-8,10,13-14H,5-6,9,11-12H2,1-3H3,(H,21,22). The van der Waals surface area contributed by atoms with Crippen molar-refractivity contribution in [3.05, 3.63) is 30.9 Å². The van der Waals surface area contributed by atoms with Crippen molar-refractivity contribution in [3.8, 4) is 0 Å². The Hall–Kier alpha value is -2.44. The second-order valence-corrected chi connectivity index (χ2v) is 7.68. The molecule has 0 spiro atoms. The van der Waals surface area contributed by atoms with Gasteiger partial charge in [0.2, 0.25) is 11.9 Å². The average Bonchev–Trinajstić information content (AvgIpc) is 3.01. The highest BCUT2D eigenvalue weighted by Gasteiger charge is 2.31. The predicted molar refractivity (Wildman–Crippen MR) is 96.3 cm³/mol. The third kappa shape index (κ3) is 4.35. The van der Waals surface area contributed by atoms with E-state index in [9.17, 15) is 4.79 Å². The molecule has 0 aliphatic carbocycles. The lowest BCUT2D eigenvalue weighted by atomic mass is 9.91. The minimum absolute atomic E-state index is 0.231. The Morgan fingerprint density at radius 2 is 2.24 bits per heavy atom. The zero-order chi connectivity index (χ0) is 17.9. The first-order chi connectivity index (χ1) is 11.9. The van der Waals surface area contributed by atoms with Gasteiger partial charge < -0.3 is 10.2 Å². The van der Waals surface area contributed by atoms with Gasteiger partial charge in [0.1, 0.15) is 6.33 Å². The SMILES string of the molecule is CC(C)(C)C(=O)N1CCCC(Cn2cnnc2Nc2cccnc2)C1. The quantitative estimate of drug-likeness (QED) is 0.924. The number of carbonyl (C=O) groups is 1. The van der Waals surface area contributed by atoms with Crippen LogP contribution >= 0.6 is 0 Å². The molecule has 1 saturated heterocycles. The van der Waals surface area contributed by atoms with E-state index in [-0.39, 0.29) is 11.3 Å². The second kappa shape index (κ2) is 7.21. The second-order valence-electron chi connectivity index (χ2n) is 7.68. The molecule has 0 saturated carbocycles. The summed E-state index contributed by atoms with van der Waals surface area (Å²) in [6.07, 6.45) is 7.38. The molecular weight excluding hydrogens is 316 g/mol. The van der Waals surface area contributed by atoms with E-state index < -0.39 is 0 Å². The summed E-state index contributed by atoms with van der Waals surface area (Å²) in [4.78, 5) is 18.7. The van der Waals surface area contributed by atoms with Crippen LogP contribution in [0.3, 0.4) is 0 Å². The van der Waals surface area contributed by atoms with Crippen LogP contribution in [0.2, 0.25) is 0 Å². The molecular formula is C18H26N6O. The summed E-state index contributed by atoms with van der Waals surface area (Å²) in [5.74, 6) is 1.34. The van der Waals surface area contributed by atoms with Crippen LogP contribution in [0.1, 0.15) is 33.6 Å². The number of amides is 1. The maximum absolute atomic E-state index is 12.6. The van der Waals surface area contributed by atoms with Crippen LogP contribution in [-0.4, -0.2) is 43.6 Å². The van der Waals surface area contributed by atoms with Crippen LogP contribution in [0.25, 0.3) is 0 Å². The summed E-state index contributed by atoms with van der Waals surface area (Å²) in [6.45, 7) is 8.39. The minimum atomic E-state index is -0.328. The zero-order valence-corrected chi connectivity index (χ0v) is 15.1. The van der Waals surface area contributed by atoms with Gasteiger partial charge >= 0.3 is 0 Å². The molecule has 1 unspecified atom stereocenters. The smallest absolute Gasteiger partial charge is 0.228 e. The molecule has 0 aromatic carbocycles. The molecule has 3 rings (SSSR count). The van der Waals surface area contributed by atoms with Gasteiger partial charge in [0.15, 0.2) is 0 Å². The number of hydrogen-bond donors (Lipinski definition) is 1. The highest BCUT2D eigenvalue weighted by Crippen LogP contribution is 2.25. The zero-order valence-electron chi connectivity index (χ0n) is 15.1. The fourth-order valence-corrected chi connectivity index (χ4v) is 3.20. The van der Waals surface area contributed by atoms with Gasteiger partial charge in [0.05, 0.1) is 11.9 Å². The van der Waals surface area contributed by atoms with Gasteiger partial charge in [-0.25, -0.2) is 0 Å². The number of pyridine rings is 1. The molecule has 1 amide bonds. The number of rotatable bonds is 4. The van der Waals surface area contributed by atoms with E-state index in [2.05, 4.69) is 20.5 Å². The molecule has 0 radical (unpaired) electrons. The van der Waals surface area contributed by atoms with Crippen LogP contribution in [0.15, 0.2) is 30.9 Å². The Morgan fingerprint density at radius 3 is 2.96 bits per heavy atom. The summed E-state index contributed by atoms with van der Waals surface area (Å²) in [7, 11) is 0. The first-order valence-electron chi connectivity index (χ1n) is 8.78. The predicted octanol–water partition coefficient (Wildman–Crippen LogP) is 2.70. The Morgan fingerprint density at radius 1 is 1.40 bits per heavy atom. The molecule has 3 heterocycles. The van der Waals surface area contributed by atoms with E-state index in [0.29, 0.717) is 11.9 Å². The summed E-state index contributed by atoms with van der Waals surface area (Å²) in [5.41, 5.74) is 0.552. The number of piperidine rings is 1. The number of carbonyl (C=O) groups excluding carboxylic acids is 1. The van der Waals surface area contributed by atoms with E-state index in [1.165, 1.54) is 0 Å². The van der Waals surface area contributed by atoms with Gasteiger partial charge in [0, 0.05) is 31.2 Å². The lowest BCUT2D eigenvalue weighted by Crippen LogP contribution is -2.45. The van der Waals surface area contributed by atoms with Crippen molar-refractivity contribution >= 4 is 17.5 Å². The molecule has 1 atom stereocenters. The van der Waals surface area contributed by atoms with Crippen LogP contribution in [0.4, 0.5) is 11.6 Å². The number of nitrogens with zero attached hydrogens (tertiary/aromatic N) is 5. The topological polar surface area (TPSA) is 75.9 Å². The molecule has 1 aliphatic heterocycles. The van der Waals surface area contributed by atoms with E-state index in [1.54, 1.807) is 18.7 Å². The number of likely N-dealkylation sites (tertiary alicyclic amines) is 1. The van der Waals surface area contributed by atoms with Crippen molar-refractivity contribution in [3.63, 3.8) is 0 Å². The monoisotopic (exact) mass is 342 g/mol. The Labute approximate surface area is 148 Å². The highest BCUT2D eigenvalue weighted by molar-refractivity contribution is 5.81. The van der Waals surface area contributed by atoms with Gasteiger partial charge in [-0.15, -0.1) is 10.2 Å². The third-order valence-corrected chi connectivity index (χ3v) is 4.44. The van der Waals surface area contributed by atoms with Crippen molar-refractivity contribution in [2.75, 3.05) is 18.4 Å². The Bertz CT molecular complexity index is 706. The summed E-state index contributed by atoms with van der Waals surface area (Å²) in [6, 6.07) is 3.82. The van der Waals surface area contributed by atoms with Crippen molar-refractivity contribution in [1.82, 2.24) is 24.6 Å². The average molecular weight is 342 g/mol. The van der Waals surface area contributed by atoms with E-state index >= 15 is 0 Å². The highest BCUT2D eigenvalue weighted by atomic mass is 16.2. The lowest BCUT2D eigenvalue weighted by Gasteiger charge is -2.36. The molecule has 7 heteroatoms. The minimum Gasteiger partial charge on any atom is -0.342 e. The Balaban J connectivity index is 1.65. The third-order valence-electron chi connectivity index (χ3n) is 4.44. The van der Waals surface area contributed by atoms with Crippen LogP contribution in [-0.2, 0) is 11.3 Å². The van der Waals surface area contributed by atoms with E-state index in [1.807, 2.05) is 42.4 Å². The van der Waals surface area contributed by atoms with Gasteiger partial charge in [-0.3, -0.25) is 14.3 Å². The molecule has 1 N–H and O–H groups in total. The number of aromatic nitrogens is 4. The maximum Gasteiger partial charge on any atom is 0.228 e. The van der Waals surface area contributed by atoms with Crippen molar-refractivity contribution < 1.29 is 4.79 Å². The molecule has 1 aliphatic rings. The summed E-state index contributed by atoms with van der Waals surface area (Å²) in [5, 5.41) is 11.4. The van der Waals surface area contributed by atoms with Gasteiger partial charge in [-0.05, 0) is 30.9 Å². The lowest BCUT2D eigenvalue weighted by molar-refractivity contribution is -0.141. The van der Waals surface area contributed by atoms with Gasteiger partial charge in [0.25, 0.3) is 0 Å². The van der Waals surface area contributed by atoms with E-state index in [0.717, 1.165) is 38.2 Å². The first-order valence-corrected chi connectivity index (χ1v) is 8.78. The number of anilines is 2. The summed E-state index contributed by atoms with van der Waals surface area (Å²) < 4.78 is 2.02. The number of nitrogens with one attached hydrogen (secondary N) is 1. The van der Waals surface area contributed by atoms with Crippen molar-refractivity contribution in [2.45, 2.75) is 40.2 Å². The normalized spacial score (nSPS) is 18.2. The van der Waals surface area contributed by atoms with Crippen molar-refractivity contribution in [1.29, 1.82) is 0 Å². The molecule has 2 aromatic rings. The first kappa shape index (κ1) is 17.4. The van der Waals surface area contributed by atoms with E-state index in [4.69, 9.17) is 0 Å². The molecule has 1 fully saturated rings. The molecule has 134 valence electrons. The van der Waals surface area contributed by atoms with Crippen LogP contribution in [0, 0.1) is 11.3 Å². The van der Waals surface area contributed by atoms with Crippen LogP contribution in [0.5, 0.6) is 0 Å². The molecule has 2 aromatic heterocycles. The maximum atomic E-state index is 12.6. The molecule has 7 nitrogen and oxygen atoms in total. The largest absolute Gasteiger partial charge is 0.342 e. The fraction of sp³-hybridized carbons (Fsp3) is 0.556. The van der Waals surface area contributed by atoms with Gasteiger partial charge in [-0.2, -0.15) is 0 Å². The fourth-order valence-electron chi connectivity index (χ4n) is 3.20. The molecule has 25 heavy (non-hydrogen) atoms. The molecule has 0 bridgehead atoms. The van der Waals surface area contributed by atoms with Gasteiger partial charge in [-0.1, -0.05) is 20.8 Å². The van der Waals surface area contributed by atoms with Crippen LogP contribution < -0.4 is 5.32 Å². The Kier molecular flexibility index (Phi) is 5.01. The summed E-state index contributed by atoms with van der Waals surface area (Å²) >= 11 is 0.